The van der Waals surface area contributed by atoms with E-state index >= 15 is 0 Å². The summed E-state index contributed by atoms with van der Waals surface area (Å²) in [5, 5.41) is 0. The molecule has 5 heteroatoms. The van der Waals surface area contributed by atoms with E-state index in [1.54, 1.807) is 4.90 Å². The maximum atomic E-state index is 14.3. The Morgan fingerprint density at radius 2 is 1.92 bits per heavy atom. The van der Waals surface area contributed by atoms with Crippen LogP contribution in [0.3, 0.4) is 0 Å². The molecule has 3 unspecified atom stereocenters. The first-order valence-electron chi connectivity index (χ1n) is 8.53. The van der Waals surface area contributed by atoms with Gasteiger partial charge in [-0.3, -0.25) is 4.79 Å². The smallest absolute Gasteiger partial charge is 0.243 e. The van der Waals surface area contributed by atoms with Gasteiger partial charge in [0.2, 0.25) is 5.91 Å². The van der Waals surface area contributed by atoms with E-state index in [0.29, 0.717) is 12.8 Å². The summed E-state index contributed by atoms with van der Waals surface area (Å²) in [6.07, 6.45) is 5.62. The topological polar surface area (TPSA) is 46.3 Å². The lowest BCUT2D eigenvalue weighted by Crippen LogP contribution is -2.46. The number of nitrogens with zero attached hydrogens (tertiary/aromatic N) is 1. The molecule has 0 bridgehead atoms. The fourth-order valence-corrected chi connectivity index (χ4v) is 3.55. The number of halogens is 2. The highest BCUT2D eigenvalue weighted by Gasteiger charge is 2.50. The minimum absolute atomic E-state index is 0.112. The molecule has 3 aliphatic rings. The summed E-state index contributed by atoms with van der Waals surface area (Å²) in [6, 6.07) is 9.29. The van der Waals surface area contributed by atoms with Crippen LogP contribution in [0.2, 0.25) is 0 Å². The van der Waals surface area contributed by atoms with Crippen molar-refractivity contribution < 1.29 is 13.6 Å². The van der Waals surface area contributed by atoms with Crippen molar-refractivity contribution in [2.75, 3.05) is 6.54 Å². The van der Waals surface area contributed by atoms with Gasteiger partial charge in [0.15, 0.2) is 0 Å². The molecule has 2 N–H and O–H groups in total. The highest BCUT2D eigenvalue weighted by atomic mass is 19.1. The van der Waals surface area contributed by atoms with E-state index in [0.717, 1.165) is 17.2 Å². The molecule has 1 aromatic carbocycles. The molecule has 1 aromatic rings. The zero-order valence-electron chi connectivity index (χ0n) is 13.7. The first-order valence-corrected chi connectivity index (χ1v) is 8.53. The van der Waals surface area contributed by atoms with Crippen LogP contribution >= 0.6 is 0 Å². The van der Waals surface area contributed by atoms with E-state index in [1.165, 1.54) is 12.2 Å². The number of benzene rings is 1. The third kappa shape index (κ3) is 2.93. The van der Waals surface area contributed by atoms with E-state index in [1.807, 2.05) is 36.4 Å². The lowest BCUT2D eigenvalue weighted by atomic mass is 9.90. The van der Waals surface area contributed by atoms with Gasteiger partial charge in [0.1, 0.15) is 12.0 Å². The lowest BCUT2D eigenvalue weighted by molar-refractivity contribution is -0.134. The van der Waals surface area contributed by atoms with Crippen LogP contribution < -0.4 is 5.73 Å². The molecule has 0 aromatic heterocycles. The molecular weight excluding hydrogens is 322 g/mol. The number of amides is 1. The Morgan fingerprint density at radius 3 is 2.60 bits per heavy atom. The maximum Gasteiger partial charge on any atom is 0.243 e. The molecule has 1 saturated carbocycles. The van der Waals surface area contributed by atoms with Crippen molar-refractivity contribution in [3.05, 3.63) is 71.6 Å². The van der Waals surface area contributed by atoms with Crippen LogP contribution in [0.25, 0.3) is 0 Å². The molecule has 25 heavy (non-hydrogen) atoms. The highest BCUT2D eigenvalue weighted by molar-refractivity contribution is 5.90. The van der Waals surface area contributed by atoms with Gasteiger partial charge in [-0.2, -0.15) is 0 Å². The second kappa shape index (κ2) is 5.92. The van der Waals surface area contributed by atoms with Crippen molar-refractivity contribution in [3.8, 4) is 0 Å². The highest BCUT2D eigenvalue weighted by Crippen LogP contribution is 2.42. The molecule has 0 saturated heterocycles. The van der Waals surface area contributed by atoms with Crippen molar-refractivity contribution in [1.29, 1.82) is 0 Å². The monoisotopic (exact) mass is 342 g/mol. The van der Waals surface area contributed by atoms with Gasteiger partial charge < -0.3 is 10.6 Å². The molecule has 1 amide bonds. The van der Waals surface area contributed by atoms with Gasteiger partial charge in [-0.25, -0.2) is 8.78 Å². The van der Waals surface area contributed by atoms with Gasteiger partial charge >= 0.3 is 0 Å². The number of allylic oxidation sites excluding steroid dienone is 4. The maximum absolute atomic E-state index is 14.3. The Hall–Kier alpha value is -2.27. The van der Waals surface area contributed by atoms with Crippen LogP contribution in [0.4, 0.5) is 8.78 Å². The second-order valence-electron chi connectivity index (χ2n) is 7.07. The minimum atomic E-state index is -1.29. The molecule has 1 aliphatic heterocycles. The van der Waals surface area contributed by atoms with Gasteiger partial charge in [-0.05, 0) is 42.2 Å². The number of carbonyl (C=O) groups excluding carboxylic acids is 1. The van der Waals surface area contributed by atoms with E-state index in [2.05, 4.69) is 0 Å². The summed E-state index contributed by atoms with van der Waals surface area (Å²) in [6.45, 7) is 0.278. The van der Waals surface area contributed by atoms with Gasteiger partial charge in [-0.1, -0.05) is 36.4 Å². The molecule has 1 heterocycles. The molecule has 130 valence electrons. The Bertz CT molecular complexity index is 780. The summed E-state index contributed by atoms with van der Waals surface area (Å²) in [5.74, 6) is -1.24. The van der Waals surface area contributed by atoms with Gasteiger partial charge in [0.05, 0.1) is 11.6 Å². The van der Waals surface area contributed by atoms with Crippen LogP contribution in [0.5, 0.6) is 0 Å². The zero-order chi connectivity index (χ0) is 17.6. The molecular formula is C20H20F2N2O. The van der Waals surface area contributed by atoms with Crippen molar-refractivity contribution in [2.24, 2.45) is 11.7 Å². The first kappa shape index (κ1) is 16.2. The molecule has 3 atom stereocenters. The Labute approximate surface area is 145 Å². The van der Waals surface area contributed by atoms with Crippen LogP contribution in [-0.4, -0.2) is 29.1 Å². The Balaban J connectivity index is 1.68. The minimum Gasteiger partial charge on any atom is -0.327 e. The second-order valence-corrected chi connectivity index (χ2v) is 7.07. The van der Waals surface area contributed by atoms with Crippen LogP contribution in [0.15, 0.2) is 66.0 Å². The van der Waals surface area contributed by atoms with Crippen LogP contribution in [-0.2, 0) is 4.79 Å². The summed E-state index contributed by atoms with van der Waals surface area (Å²) in [5.41, 5.74) is 6.99. The predicted octanol–water partition coefficient (Wildman–Crippen LogP) is 3.37. The molecule has 3 nitrogen and oxygen atoms in total. The fraction of sp³-hybridized carbons (Fsp3) is 0.350. The predicted molar refractivity (Wildman–Crippen MR) is 91.8 cm³/mol. The molecule has 0 radical (unpaired) electrons. The van der Waals surface area contributed by atoms with Crippen molar-refractivity contribution in [2.45, 2.75) is 30.6 Å². The van der Waals surface area contributed by atoms with E-state index in [-0.39, 0.29) is 18.5 Å². The third-order valence-corrected chi connectivity index (χ3v) is 5.23. The fourth-order valence-electron chi connectivity index (χ4n) is 3.55. The third-order valence-electron chi connectivity index (χ3n) is 5.23. The number of hydrogen-bond acceptors (Lipinski definition) is 2. The SMILES string of the molecule is NC1(C(=O)N2CC(C3C=C(F)C=CC3F)=CC2c2ccccc2)CC1. The largest absolute Gasteiger partial charge is 0.327 e. The summed E-state index contributed by atoms with van der Waals surface area (Å²) in [4.78, 5) is 14.6. The first-order chi connectivity index (χ1) is 12.0. The van der Waals surface area contributed by atoms with Gasteiger partial charge in [-0.15, -0.1) is 0 Å². The van der Waals surface area contributed by atoms with Gasteiger partial charge in [0.25, 0.3) is 0 Å². The Kier molecular flexibility index (Phi) is 3.84. The van der Waals surface area contributed by atoms with Crippen LogP contribution in [0, 0.1) is 5.92 Å². The van der Waals surface area contributed by atoms with Crippen molar-refractivity contribution >= 4 is 5.91 Å². The summed E-state index contributed by atoms with van der Waals surface area (Å²) >= 11 is 0. The lowest BCUT2D eigenvalue weighted by Gasteiger charge is -2.28. The zero-order valence-corrected chi connectivity index (χ0v) is 13.7. The van der Waals surface area contributed by atoms with Crippen molar-refractivity contribution in [1.82, 2.24) is 4.90 Å². The van der Waals surface area contributed by atoms with Gasteiger partial charge in [0, 0.05) is 12.5 Å². The molecule has 0 spiro atoms. The number of rotatable bonds is 3. The number of carbonyl (C=O) groups is 1. The number of nitrogens with two attached hydrogens (primary N) is 1. The van der Waals surface area contributed by atoms with E-state index < -0.39 is 23.5 Å². The van der Waals surface area contributed by atoms with Crippen molar-refractivity contribution in [3.63, 3.8) is 0 Å². The summed E-state index contributed by atoms with van der Waals surface area (Å²) < 4.78 is 27.9. The number of alkyl halides is 1. The Morgan fingerprint density at radius 1 is 1.20 bits per heavy atom. The average Bonchev–Trinajstić information content (AvgIpc) is 3.22. The van der Waals surface area contributed by atoms with Crippen LogP contribution in [0.1, 0.15) is 24.4 Å². The standard InChI is InChI=1S/C20H20F2N2O/c21-15-6-7-17(22)16(11-15)14-10-18(13-4-2-1-3-5-13)24(12-14)19(25)20(23)8-9-20/h1-7,10-11,16-18H,8-9,12,23H2. The molecule has 1 fully saturated rings. The molecule has 4 rings (SSSR count). The average molecular weight is 342 g/mol. The quantitative estimate of drug-likeness (QED) is 0.856. The molecule has 2 aliphatic carbocycles. The normalized spacial score (nSPS) is 30.0. The summed E-state index contributed by atoms with van der Waals surface area (Å²) in [7, 11) is 0. The number of hydrogen-bond donors (Lipinski definition) is 1. The van der Waals surface area contributed by atoms with E-state index in [9.17, 15) is 13.6 Å². The van der Waals surface area contributed by atoms with E-state index in [4.69, 9.17) is 5.73 Å².